The van der Waals surface area contributed by atoms with Crippen LogP contribution in [-0.2, 0) is 4.79 Å². The molecule has 116 valence electrons. The van der Waals surface area contributed by atoms with E-state index in [1.165, 1.54) is 42.9 Å². The Bertz CT molecular complexity index is 455. The Labute approximate surface area is 144 Å². The van der Waals surface area contributed by atoms with Gasteiger partial charge < -0.3 is 0 Å². The maximum atomic E-state index is 13.4. The highest BCUT2D eigenvalue weighted by Gasteiger charge is 2.60. The molecule has 3 fully saturated rings. The van der Waals surface area contributed by atoms with Crippen LogP contribution in [0.1, 0.15) is 32.1 Å². The van der Waals surface area contributed by atoms with Gasteiger partial charge in [-0.1, -0.05) is 6.08 Å². The fourth-order valence-corrected chi connectivity index (χ4v) is 10.1. The lowest BCUT2D eigenvalue weighted by atomic mass is 9.92. The van der Waals surface area contributed by atoms with Crippen molar-refractivity contribution in [2.75, 3.05) is 23.0 Å². The van der Waals surface area contributed by atoms with Crippen molar-refractivity contribution in [3.05, 3.63) is 11.8 Å². The first kappa shape index (κ1) is 15.2. The molecule has 4 rings (SSSR count). The highest BCUT2D eigenvalue weighted by atomic mass is 32.2. The van der Waals surface area contributed by atoms with Crippen LogP contribution in [0.25, 0.3) is 0 Å². The molecular formula is C15H21NOS4. The second-order valence-corrected chi connectivity index (χ2v) is 11.5. The molecule has 3 saturated heterocycles. The molecule has 0 bridgehead atoms. The van der Waals surface area contributed by atoms with Gasteiger partial charge in [0.05, 0.1) is 0 Å². The van der Waals surface area contributed by atoms with Crippen molar-refractivity contribution in [2.45, 2.75) is 40.9 Å². The normalized spacial score (nSPS) is 33.1. The van der Waals surface area contributed by atoms with Gasteiger partial charge in [0.15, 0.2) is 0 Å². The summed E-state index contributed by atoms with van der Waals surface area (Å²) in [6, 6.07) is 0. The van der Waals surface area contributed by atoms with Crippen molar-refractivity contribution >= 4 is 53.0 Å². The summed E-state index contributed by atoms with van der Waals surface area (Å²) in [7, 11) is 0. The van der Waals surface area contributed by atoms with Crippen LogP contribution in [0.2, 0.25) is 0 Å². The van der Waals surface area contributed by atoms with Gasteiger partial charge in [0.1, 0.15) is 8.78 Å². The highest BCUT2D eigenvalue weighted by molar-refractivity contribution is 8.20. The molecule has 0 saturated carbocycles. The number of thioether (sulfide) groups is 4. The van der Waals surface area contributed by atoms with Crippen LogP contribution >= 0.6 is 47.0 Å². The van der Waals surface area contributed by atoms with Gasteiger partial charge in [-0.25, -0.2) is 0 Å². The zero-order valence-electron chi connectivity index (χ0n) is 12.1. The standard InChI is InChI=1S/C15H21NOS4/c17-13-15(20-9-4-10-21-15)11-5-1-2-6-12(11)16(13)14-18-7-3-8-19-14/h6,11,14H,1-5,7-10H2. The minimum atomic E-state index is -0.178. The molecule has 3 heterocycles. The van der Waals surface area contributed by atoms with E-state index in [9.17, 15) is 4.79 Å². The van der Waals surface area contributed by atoms with E-state index in [4.69, 9.17) is 0 Å². The van der Waals surface area contributed by atoms with Crippen molar-refractivity contribution in [3.63, 3.8) is 0 Å². The fraction of sp³-hybridized carbons (Fsp3) is 0.800. The van der Waals surface area contributed by atoms with E-state index in [0.717, 1.165) is 17.9 Å². The number of nitrogens with zero attached hydrogens (tertiary/aromatic N) is 1. The summed E-state index contributed by atoms with van der Waals surface area (Å²) in [4.78, 5) is 15.6. The van der Waals surface area contributed by atoms with Crippen molar-refractivity contribution < 1.29 is 4.79 Å². The van der Waals surface area contributed by atoms with E-state index < -0.39 is 0 Å². The SMILES string of the molecule is O=C1N(C2SCCCS2)C2=CCCCC2C12SCCCS2. The van der Waals surface area contributed by atoms with E-state index in [0.29, 0.717) is 16.5 Å². The number of rotatable bonds is 1. The number of hydrogen-bond donors (Lipinski definition) is 0. The van der Waals surface area contributed by atoms with Gasteiger partial charge in [-0.2, -0.15) is 0 Å². The smallest absolute Gasteiger partial charge is 0.255 e. The maximum Gasteiger partial charge on any atom is 0.255 e. The number of hydrogen-bond acceptors (Lipinski definition) is 5. The van der Waals surface area contributed by atoms with Crippen LogP contribution in [0.3, 0.4) is 0 Å². The van der Waals surface area contributed by atoms with Crippen LogP contribution in [0.4, 0.5) is 0 Å². The van der Waals surface area contributed by atoms with E-state index in [1.807, 2.05) is 47.0 Å². The predicted octanol–water partition coefficient (Wildman–Crippen LogP) is 4.23. The third kappa shape index (κ3) is 2.48. The van der Waals surface area contributed by atoms with Gasteiger partial charge in [0, 0.05) is 11.6 Å². The topological polar surface area (TPSA) is 20.3 Å². The molecule has 3 aliphatic heterocycles. The first-order valence-electron chi connectivity index (χ1n) is 7.88. The largest absolute Gasteiger partial charge is 0.292 e. The minimum absolute atomic E-state index is 0.178. The molecule has 4 aliphatic rings. The Balaban J connectivity index is 1.69. The van der Waals surface area contributed by atoms with Gasteiger partial charge >= 0.3 is 0 Å². The zero-order chi connectivity index (χ0) is 14.3. The van der Waals surface area contributed by atoms with E-state index in [2.05, 4.69) is 11.0 Å². The average Bonchev–Trinajstić information content (AvgIpc) is 2.79. The molecule has 0 radical (unpaired) electrons. The third-order valence-electron chi connectivity index (χ3n) is 4.60. The lowest BCUT2D eigenvalue weighted by molar-refractivity contribution is -0.126. The molecule has 1 atom stereocenters. The Hall–Kier alpha value is 0.610. The van der Waals surface area contributed by atoms with Gasteiger partial charge in [-0.3, -0.25) is 9.69 Å². The maximum absolute atomic E-state index is 13.4. The summed E-state index contributed by atoms with van der Waals surface area (Å²) < 4.78 is 0.156. The van der Waals surface area contributed by atoms with Crippen molar-refractivity contribution in [2.24, 2.45) is 5.92 Å². The molecule has 0 N–H and O–H groups in total. The molecule has 6 heteroatoms. The third-order valence-corrected chi connectivity index (χ3v) is 10.9. The van der Waals surface area contributed by atoms with Crippen LogP contribution < -0.4 is 0 Å². The molecule has 0 aromatic heterocycles. The van der Waals surface area contributed by atoms with E-state index in [-0.39, 0.29) is 4.08 Å². The number of fused-ring (bicyclic) bond motifs is 2. The first-order chi connectivity index (χ1) is 10.3. The Kier molecular flexibility index (Phi) is 4.51. The molecular weight excluding hydrogens is 338 g/mol. The zero-order valence-corrected chi connectivity index (χ0v) is 15.4. The van der Waals surface area contributed by atoms with Crippen molar-refractivity contribution in [1.82, 2.24) is 4.90 Å². The lowest BCUT2D eigenvalue weighted by Gasteiger charge is -2.35. The van der Waals surface area contributed by atoms with Gasteiger partial charge in [-0.05, 0) is 55.1 Å². The van der Waals surface area contributed by atoms with E-state index in [1.54, 1.807) is 0 Å². The molecule has 1 unspecified atom stereocenters. The van der Waals surface area contributed by atoms with Crippen molar-refractivity contribution in [1.29, 1.82) is 0 Å². The van der Waals surface area contributed by atoms with Gasteiger partial charge in [-0.15, -0.1) is 47.0 Å². The Morgan fingerprint density at radius 3 is 2.52 bits per heavy atom. The van der Waals surface area contributed by atoms with Crippen LogP contribution in [0.15, 0.2) is 11.8 Å². The minimum Gasteiger partial charge on any atom is -0.292 e. The quantitative estimate of drug-likeness (QED) is 0.696. The highest BCUT2D eigenvalue weighted by Crippen LogP contribution is 2.60. The van der Waals surface area contributed by atoms with Gasteiger partial charge in [0.2, 0.25) is 0 Å². The lowest BCUT2D eigenvalue weighted by Crippen LogP contribution is -2.42. The van der Waals surface area contributed by atoms with Crippen LogP contribution in [0.5, 0.6) is 0 Å². The van der Waals surface area contributed by atoms with Gasteiger partial charge in [0.25, 0.3) is 5.91 Å². The van der Waals surface area contributed by atoms with Crippen LogP contribution in [0, 0.1) is 5.92 Å². The average molecular weight is 360 g/mol. The summed E-state index contributed by atoms with van der Waals surface area (Å²) in [5.74, 6) is 5.60. The molecule has 0 aromatic carbocycles. The molecule has 0 aromatic rings. The number of carbonyl (C=O) groups is 1. The Morgan fingerprint density at radius 1 is 1.05 bits per heavy atom. The molecule has 1 spiro atoms. The second-order valence-electron chi connectivity index (χ2n) is 5.91. The molecule has 1 aliphatic carbocycles. The summed E-state index contributed by atoms with van der Waals surface area (Å²) in [6.07, 6.45) is 8.53. The van der Waals surface area contributed by atoms with E-state index >= 15 is 0 Å². The summed E-state index contributed by atoms with van der Waals surface area (Å²) in [5.41, 5.74) is 1.38. The number of amides is 1. The Morgan fingerprint density at radius 2 is 1.76 bits per heavy atom. The first-order valence-corrected chi connectivity index (χ1v) is 11.9. The second kappa shape index (κ2) is 6.25. The predicted molar refractivity (Wildman–Crippen MR) is 97.9 cm³/mol. The summed E-state index contributed by atoms with van der Waals surface area (Å²) >= 11 is 7.85. The van der Waals surface area contributed by atoms with Crippen LogP contribution in [-0.4, -0.2) is 42.6 Å². The van der Waals surface area contributed by atoms with Crippen molar-refractivity contribution in [3.8, 4) is 0 Å². The molecule has 1 amide bonds. The fourth-order valence-electron chi connectivity index (χ4n) is 3.66. The number of likely N-dealkylation sites (tertiary alicyclic amines) is 1. The molecule has 21 heavy (non-hydrogen) atoms. The number of allylic oxidation sites excluding steroid dienone is 2. The summed E-state index contributed by atoms with van der Waals surface area (Å²) in [5, 5.41) is 0. The number of carbonyl (C=O) groups excluding carboxylic acids is 1. The molecule has 2 nitrogen and oxygen atoms in total. The summed E-state index contributed by atoms with van der Waals surface area (Å²) in [6.45, 7) is 0. The monoisotopic (exact) mass is 359 g/mol.